The lowest BCUT2D eigenvalue weighted by molar-refractivity contribution is 0.0996. The monoisotopic (exact) mass is 495 g/mol. The van der Waals surface area contributed by atoms with Gasteiger partial charge < -0.3 is 10.2 Å². The van der Waals surface area contributed by atoms with Gasteiger partial charge in [-0.2, -0.15) is 0 Å². The van der Waals surface area contributed by atoms with Crippen LogP contribution in [0.5, 0.6) is 0 Å². The number of unbranched alkanes of at least 4 members (excludes halogenated alkanes) is 1. The normalized spacial score (nSPS) is 14.4. The number of benzene rings is 1. The Bertz CT molecular complexity index is 1120. The molecule has 1 saturated heterocycles. The number of carbonyl (C=O) groups excluding carboxylic acids is 1. The topological polar surface area (TPSA) is 58.1 Å². The molecule has 0 radical (unpaired) electrons. The number of aryl methyl sites for hydroxylation is 1. The van der Waals surface area contributed by atoms with E-state index in [0.717, 1.165) is 52.6 Å². The van der Waals surface area contributed by atoms with E-state index in [4.69, 9.17) is 11.6 Å². The van der Waals surface area contributed by atoms with Gasteiger partial charge in [0.1, 0.15) is 28.0 Å². The lowest BCUT2D eigenvalue weighted by Gasteiger charge is -2.33. The molecule has 0 amide bonds. The maximum atomic E-state index is 12.9. The summed E-state index contributed by atoms with van der Waals surface area (Å²) >= 11 is 7.70. The summed E-state index contributed by atoms with van der Waals surface area (Å²) in [6.07, 6.45) is 6.62. The van der Waals surface area contributed by atoms with E-state index in [1.165, 1.54) is 43.4 Å². The van der Waals surface area contributed by atoms with Gasteiger partial charge in [0.2, 0.25) is 0 Å². The predicted molar refractivity (Wildman–Crippen MR) is 143 cm³/mol. The van der Waals surface area contributed by atoms with Crippen LogP contribution in [0.2, 0.25) is 5.02 Å². The zero-order valence-electron chi connectivity index (χ0n) is 19.9. The van der Waals surface area contributed by atoms with E-state index >= 15 is 0 Å². The molecule has 1 aliphatic rings. The highest BCUT2D eigenvalue weighted by Crippen LogP contribution is 2.30. The first-order chi connectivity index (χ1) is 16.4. The van der Waals surface area contributed by atoms with Crippen molar-refractivity contribution in [3.8, 4) is 0 Å². The zero-order valence-corrected chi connectivity index (χ0v) is 21.5. The van der Waals surface area contributed by atoms with E-state index < -0.39 is 0 Å². The van der Waals surface area contributed by atoms with Gasteiger partial charge in [-0.25, -0.2) is 9.97 Å². The summed E-state index contributed by atoms with van der Waals surface area (Å²) in [4.78, 5) is 25.2. The number of ketones is 1. The van der Waals surface area contributed by atoms with E-state index in [0.29, 0.717) is 9.90 Å². The van der Waals surface area contributed by atoms with Crippen molar-refractivity contribution in [1.82, 2.24) is 9.97 Å². The van der Waals surface area contributed by atoms with E-state index in [2.05, 4.69) is 34.0 Å². The van der Waals surface area contributed by atoms with Crippen LogP contribution < -0.4 is 10.2 Å². The van der Waals surface area contributed by atoms with Crippen LogP contribution in [0.25, 0.3) is 0 Å². The van der Waals surface area contributed by atoms with Crippen molar-refractivity contribution >= 4 is 45.4 Å². The summed E-state index contributed by atoms with van der Waals surface area (Å²) in [5.41, 5.74) is 1.57. The van der Waals surface area contributed by atoms with Crippen molar-refractivity contribution in [3.05, 3.63) is 70.2 Å². The third-order valence-corrected chi connectivity index (χ3v) is 7.81. The number of carbonyl (C=O) groups is 1. The Morgan fingerprint density at radius 3 is 2.76 bits per heavy atom. The van der Waals surface area contributed by atoms with Gasteiger partial charge >= 0.3 is 0 Å². The number of nitrogens with zero attached hydrogens (tertiary/aromatic N) is 3. The number of hydrogen-bond acceptors (Lipinski definition) is 6. The average molecular weight is 496 g/mol. The average Bonchev–Trinajstić information content (AvgIpc) is 3.28. The number of aromatic nitrogens is 2. The lowest BCUT2D eigenvalue weighted by atomic mass is 9.92. The van der Waals surface area contributed by atoms with Crippen molar-refractivity contribution in [3.63, 3.8) is 0 Å². The molecule has 1 aliphatic heterocycles. The van der Waals surface area contributed by atoms with Crippen LogP contribution in [-0.4, -0.2) is 28.8 Å². The minimum absolute atomic E-state index is 0.0292. The van der Waals surface area contributed by atoms with Crippen LogP contribution >= 0.6 is 22.9 Å². The second kappa shape index (κ2) is 11.2. The van der Waals surface area contributed by atoms with Gasteiger partial charge in [0.15, 0.2) is 5.78 Å². The first-order valence-corrected chi connectivity index (χ1v) is 13.2. The van der Waals surface area contributed by atoms with E-state index in [1.807, 2.05) is 37.3 Å². The first-order valence-electron chi connectivity index (χ1n) is 12.0. The number of halogens is 1. The van der Waals surface area contributed by atoms with Gasteiger partial charge in [-0.05, 0) is 49.9 Å². The number of piperidine rings is 1. The predicted octanol–water partition coefficient (Wildman–Crippen LogP) is 7.26. The molecule has 1 N–H and O–H groups in total. The van der Waals surface area contributed by atoms with Crippen molar-refractivity contribution in [2.45, 2.75) is 52.4 Å². The van der Waals surface area contributed by atoms with Crippen molar-refractivity contribution < 1.29 is 4.79 Å². The fourth-order valence-electron chi connectivity index (χ4n) is 4.45. The molecule has 7 heteroatoms. The molecular formula is C27H32ClN4OS+. The van der Waals surface area contributed by atoms with Crippen molar-refractivity contribution in [2.75, 3.05) is 23.3 Å². The number of rotatable bonds is 9. The maximum absolute atomic E-state index is 12.9. The van der Waals surface area contributed by atoms with Crippen LogP contribution in [-0.2, 0) is 6.42 Å². The van der Waals surface area contributed by atoms with Crippen LogP contribution in [0.1, 0.15) is 65.7 Å². The Labute approximate surface area is 211 Å². The molecule has 0 unspecified atom stereocenters. The lowest BCUT2D eigenvalue weighted by Crippen LogP contribution is -2.34. The van der Waals surface area contributed by atoms with Gasteiger partial charge in [-0.15, -0.1) is 11.3 Å². The molecule has 3 heterocycles. The summed E-state index contributed by atoms with van der Waals surface area (Å²) in [5.74, 6) is 3.33. The molecule has 4 rings (SSSR count). The molecule has 5 nitrogen and oxygen atoms in total. The van der Waals surface area contributed by atoms with Crippen LogP contribution in [0.3, 0.4) is 0 Å². The van der Waals surface area contributed by atoms with E-state index in [9.17, 15) is 4.79 Å². The fraction of sp³-hybridized carbons (Fsp3) is 0.407. The minimum atomic E-state index is 0.0292. The summed E-state index contributed by atoms with van der Waals surface area (Å²) in [6, 6.07) is 11.3. The molecule has 34 heavy (non-hydrogen) atoms. The second-order valence-electron chi connectivity index (χ2n) is 9.00. The number of anilines is 3. The molecule has 0 atom stereocenters. The SMILES string of the molecule is [CH2+]c1cccc(Cl)c1CC(=O)c1ccc(Nc2cc(N3CCC(CCCC)CC3)nc(C)n2)s1. The molecular weight excluding hydrogens is 464 g/mol. The highest BCUT2D eigenvalue weighted by Gasteiger charge is 2.21. The Kier molecular flexibility index (Phi) is 8.11. The van der Waals surface area contributed by atoms with Crippen LogP contribution in [0.4, 0.5) is 16.6 Å². The van der Waals surface area contributed by atoms with E-state index in [-0.39, 0.29) is 12.2 Å². The van der Waals surface area contributed by atoms with Crippen molar-refractivity contribution in [2.24, 2.45) is 5.92 Å². The molecule has 1 aromatic carbocycles. The number of nitrogens with one attached hydrogen (secondary N) is 1. The number of thiophene rings is 1. The molecule has 178 valence electrons. The third kappa shape index (κ3) is 6.10. The highest BCUT2D eigenvalue weighted by atomic mass is 35.5. The van der Waals surface area contributed by atoms with Crippen LogP contribution in [0, 0.1) is 19.8 Å². The summed E-state index contributed by atoms with van der Waals surface area (Å²) in [5, 5.41) is 4.83. The van der Waals surface area contributed by atoms with Crippen LogP contribution in [0.15, 0.2) is 36.4 Å². The molecule has 3 aromatic rings. The molecule has 0 aliphatic carbocycles. The third-order valence-electron chi connectivity index (χ3n) is 6.41. The largest absolute Gasteiger partial charge is 0.356 e. The standard InChI is InChI=1S/C27H31ClN4OS/c1-4-5-8-20-12-14-32(15-13-20)26-17-25(29-19(3)30-26)31-27-11-10-24(34-27)23(33)16-21-18(2)7-6-9-22(21)28/h6-7,9-11,17,20H,2,4-5,8,12-16H2,1,3H3/p+1. The van der Waals surface area contributed by atoms with Gasteiger partial charge in [0, 0.05) is 32.1 Å². The van der Waals surface area contributed by atoms with Gasteiger partial charge in [0.05, 0.1) is 21.9 Å². The highest BCUT2D eigenvalue weighted by molar-refractivity contribution is 7.18. The summed E-state index contributed by atoms with van der Waals surface area (Å²) in [7, 11) is 0. The number of Topliss-reactive ketones (excluding diaryl/α,β-unsaturated/α-hetero) is 1. The molecule has 1 fully saturated rings. The fourth-order valence-corrected chi connectivity index (χ4v) is 5.56. The number of hydrogen-bond donors (Lipinski definition) is 1. The smallest absolute Gasteiger partial charge is 0.189 e. The minimum Gasteiger partial charge on any atom is -0.356 e. The maximum Gasteiger partial charge on any atom is 0.189 e. The Balaban J connectivity index is 1.41. The van der Waals surface area contributed by atoms with Crippen molar-refractivity contribution in [1.29, 1.82) is 0 Å². The second-order valence-corrected chi connectivity index (χ2v) is 10.5. The van der Waals surface area contributed by atoms with Gasteiger partial charge in [-0.1, -0.05) is 37.8 Å². The molecule has 0 spiro atoms. The molecule has 2 aromatic heterocycles. The Morgan fingerprint density at radius 2 is 2.03 bits per heavy atom. The first kappa shape index (κ1) is 24.6. The zero-order chi connectivity index (χ0) is 24.1. The molecule has 0 bridgehead atoms. The Hall–Kier alpha value is -2.57. The summed E-state index contributed by atoms with van der Waals surface area (Å²) < 4.78 is 0. The van der Waals surface area contributed by atoms with E-state index in [1.54, 1.807) is 6.07 Å². The van der Waals surface area contributed by atoms with Gasteiger partial charge in [-0.3, -0.25) is 4.79 Å². The summed E-state index contributed by atoms with van der Waals surface area (Å²) in [6.45, 7) is 10.3. The quantitative estimate of drug-likeness (QED) is 0.250. The Morgan fingerprint density at radius 1 is 1.24 bits per heavy atom. The molecule has 0 saturated carbocycles. The van der Waals surface area contributed by atoms with Gasteiger partial charge in [0.25, 0.3) is 0 Å².